The highest BCUT2D eigenvalue weighted by atomic mass is 16.5. The largest absolute Gasteiger partial charge is 0.482 e. The first-order chi connectivity index (χ1) is 11.6. The van der Waals surface area contributed by atoms with Crippen LogP contribution in [0.1, 0.15) is 10.4 Å². The van der Waals surface area contributed by atoms with E-state index >= 15 is 0 Å². The average Bonchev–Trinajstić information content (AvgIpc) is 2.60. The maximum Gasteiger partial charge on any atom is 0.341 e. The van der Waals surface area contributed by atoms with E-state index in [1.807, 2.05) is 18.2 Å². The van der Waals surface area contributed by atoms with E-state index in [1.165, 1.54) is 6.07 Å². The van der Waals surface area contributed by atoms with E-state index in [1.54, 1.807) is 36.5 Å². The van der Waals surface area contributed by atoms with Crippen LogP contribution < -0.4 is 10.1 Å². The molecule has 120 valence electrons. The molecule has 3 aromatic rings. The zero-order chi connectivity index (χ0) is 16.9. The maximum atomic E-state index is 12.4. The second-order valence-corrected chi connectivity index (χ2v) is 5.04. The Morgan fingerprint density at radius 3 is 2.75 bits per heavy atom. The summed E-state index contributed by atoms with van der Waals surface area (Å²) in [6, 6.07) is 15.5. The second-order valence-electron chi connectivity index (χ2n) is 5.04. The molecule has 2 N–H and O–H groups in total. The van der Waals surface area contributed by atoms with E-state index < -0.39 is 12.6 Å². The monoisotopic (exact) mass is 322 g/mol. The summed E-state index contributed by atoms with van der Waals surface area (Å²) in [5, 5.41) is 12.3. The van der Waals surface area contributed by atoms with Gasteiger partial charge in [0.1, 0.15) is 5.75 Å². The zero-order valence-electron chi connectivity index (χ0n) is 12.6. The molecule has 0 aliphatic carbocycles. The van der Waals surface area contributed by atoms with Gasteiger partial charge in [0.15, 0.2) is 6.61 Å². The Balaban J connectivity index is 1.82. The molecular weight excluding hydrogens is 308 g/mol. The fraction of sp³-hybridized carbons (Fsp3) is 0.0556. The lowest BCUT2D eigenvalue weighted by atomic mass is 10.1. The number of carboxylic acids is 1. The van der Waals surface area contributed by atoms with Crippen LogP contribution in [0, 0.1) is 0 Å². The highest BCUT2D eigenvalue weighted by Crippen LogP contribution is 2.22. The van der Waals surface area contributed by atoms with Gasteiger partial charge in [0.25, 0.3) is 5.91 Å². The van der Waals surface area contributed by atoms with Crippen LogP contribution in [0.2, 0.25) is 0 Å². The van der Waals surface area contributed by atoms with Crippen LogP contribution in [0.5, 0.6) is 5.75 Å². The van der Waals surface area contributed by atoms with E-state index in [9.17, 15) is 9.59 Å². The minimum Gasteiger partial charge on any atom is -0.482 e. The molecular formula is C18H14N2O4. The Bertz CT molecular complexity index is 903. The number of amides is 1. The van der Waals surface area contributed by atoms with Crippen molar-refractivity contribution in [3.8, 4) is 5.75 Å². The SMILES string of the molecule is O=C(O)COc1cccc(C(=O)Nc2cccc3ncccc23)c1. The number of hydrogen-bond donors (Lipinski definition) is 2. The number of nitrogens with zero attached hydrogens (tertiary/aromatic N) is 1. The Labute approximate surface area is 137 Å². The van der Waals surface area contributed by atoms with Gasteiger partial charge >= 0.3 is 5.97 Å². The van der Waals surface area contributed by atoms with E-state index in [0.717, 1.165) is 10.9 Å². The molecule has 0 atom stereocenters. The summed E-state index contributed by atoms with van der Waals surface area (Å²) in [6.45, 7) is -0.458. The van der Waals surface area contributed by atoms with Crippen molar-refractivity contribution in [2.45, 2.75) is 0 Å². The average molecular weight is 322 g/mol. The molecule has 0 radical (unpaired) electrons. The number of benzene rings is 2. The normalized spacial score (nSPS) is 10.3. The number of ether oxygens (including phenoxy) is 1. The number of nitrogens with one attached hydrogen (secondary N) is 1. The number of rotatable bonds is 5. The molecule has 0 saturated heterocycles. The van der Waals surface area contributed by atoms with Crippen LogP contribution in [-0.2, 0) is 4.79 Å². The quantitative estimate of drug-likeness (QED) is 0.754. The summed E-state index contributed by atoms with van der Waals surface area (Å²) in [4.78, 5) is 27.2. The standard InChI is InChI=1S/C18H14N2O4/c21-17(22)11-24-13-5-1-4-12(10-13)18(23)20-16-8-2-7-15-14(16)6-3-9-19-15/h1-10H,11H2,(H,20,23)(H,21,22). The summed E-state index contributed by atoms with van der Waals surface area (Å²) in [5.41, 5.74) is 1.81. The lowest BCUT2D eigenvalue weighted by Gasteiger charge is -2.09. The van der Waals surface area contributed by atoms with Gasteiger partial charge in [-0.2, -0.15) is 0 Å². The third kappa shape index (κ3) is 3.49. The predicted octanol–water partition coefficient (Wildman–Crippen LogP) is 2.95. The first kappa shape index (κ1) is 15.5. The molecule has 6 heteroatoms. The summed E-state index contributed by atoms with van der Waals surface area (Å²) in [6.07, 6.45) is 1.69. The van der Waals surface area contributed by atoms with Crippen LogP contribution in [0.4, 0.5) is 5.69 Å². The van der Waals surface area contributed by atoms with Crippen LogP contribution in [0.25, 0.3) is 10.9 Å². The summed E-state index contributed by atoms with van der Waals surface area (Å²) >= 11 is 0. The fourth-order valence-electron chi connectivity index (χ4n) is 2.28. The van der Waals surface area contributed by atoms with Gasteiger partial charge in [-0.3, -0.25) is 9.78 Å². The van der Waals surface area contributed by atoms with Gasteiger partial charge in [-0.05, 0) is 42.5 Å². The molecule has 1 heterocycles. The Morgan fingerprint density at radius 2 is 1.92 bits per heavy atom. The van der Waals surface area contributed by atoms with Gasteiger partial charge in [0.2, 0.25) is 0 Å². The zero-order valence-corrected chi connectivity index (χ0v) is 12.6. The number of hydrogen-bond acceptors (Lipinski definition) is 4. The molecule has 0 bridgehead atoms. The predicted molar refractivity (Wildman–Crippen MR) is 89.3 cm³/mol. The van der Waals surface area contributed by atoms with Gasteiger partial charge in [-0.15, -0.1) is 0 Å². The summed E-state index contributed by atoms with van der Waals surface area (Å²) in [5.74, 6) is -1.06. The molecule has 1 aromatic heterocycles. The number of carbonyl (C=O) groups excluding carboxylic acids is 1. The van der Waals surface area contributed by atoms with Crippen molar-refractivity contribution >= 4 is 28.5 Å². The van der Waals surface area contributed by atoms with Gasteiger partial charge in [-0.1, -0.05) is 12.1 Å². The van der Waals surface area contributed by atoms with Crippen molar-refractivity contribution in [2.24, 2.45) is 0 Å². The molecule has 0 saturated carbocycles. The molecule has 0 unspecified atom stereocenters. The van der Waals surface area contributed by atoms with Gasteiger partial charge < -0.3 is 15.2 Å². The number of anilines is 1. The number of fused-ring (bicyclic) bond motifs is 1. The first-order valence-electron chi connectivity index (χ1n) is 7.23. The van der Waals surface area contributed by atoms with Crippen LogP contribution >= 0.6 is 0 Å². The van der Waals surface area contributed by atoms with Gasteiger partial charge in [-0.25, -0.2) is 4.79 Å². The third-order valence-corrected chi connectivity index (χ3v) is 3.35. The van der Waals surface area contributed by atoms with E-state index in [0.29, 0.717) is 17.0 Å². The lowest BCUT2D eigenvalue weighted by molar-refractivity contribution is -0.139. The molecule has 2 aromatic carbocycles. The van der Waals surface area contributed by atoms with Crippen LogP contribution in [-0.4, -0.2) is 28.6 Å². The summed E-state index contributed by atoms with van der Waals surface area (Å²) in [7, 11) is 0. The van der Waals surface area contributed by atoms with E-state index in [4.69, 9.17) is 9.84 Å². The molecule has 0 spiro atoms. The smallest absolute Gasteiger partial charge is 0.341 e. The molecule has 0 aliphatic heterocycles. The fourth-order valence-corrected chi connectivity index (χ4v) is 2.28. The maximum absolute atomic E-state index is 12.4. The van der Waals surface area contributed by atoms with Crippen molar-refractivity contribution < 1.29 is 19.4 Å². The number of carbonyl (C=O) groups is 2. The minimum atomic E-state index is -1.08. The van der Waals surface area contributed by atoms with Crippen molar-refractivity contribution in [1.82, 2.24) is 4.98 Å². The Kier molecular flexibility index (Phi) is 4.38. The molecule has 6 nitrogen and oxygen atoms in total. The highest BCUT2D eigenvalue weighted by Gasteiger charge is 2.10. The van der Waals surface area contributed by atoms with E-state index in [-0.39, 0.29) is 5.91 Å². The van der Waals surface area contributed by atoms with Crippen molar-refractivity contribution in [2.75, 3.05) is 11.9 Å². The van der Waals surface area contributed by atoms with Gasteiger partial charge in [0, 0.05) is 17.1 Å². The Morgan fingerprint density at radius 1 is 1.08 bits per heavy atom. The molecule has 0 aliphatic rings. The number of carboxylic acid groups (broad SMARTS) is 1. The van der Waals surface area contributed by atoms with Crippen molar-refractivity contribution in [3.05, 3.63) is 66.4 Å². The second kappa shape index (κ2) is 6.78. The van der Waals surface area contributed by atoms with Crippen LogP contribution in [0.15, 0.2) is 60.8 Å². The van der Waals surface area contributed by atoms with Crippen molar-refractivity contribution in [3.63, 3.8) is 0 Å². The molecule has 0 fully saturated rings. The number of aliphatic carboxylic acids is 1. The highest BCUT2D eigenvalue weighted by molar-refractivity contribution is 6.08. The minimum absolute atomic E-state index is 0.313. The molecule has 1 amide bonds. The van der Waals surface area contributed by atoms with Crippen LogP contribution in [0.3, 0.4) is 0 Å². The summed E-state index contributed by atoms with van der Waals surface area (Å²) < 4.78 is 5.09. The lowest BCUT2D eigenvalue weighted by Crippen LogP contribution is -2.13. The topological polar surface area (TPSA) is 88.5 Å². The van der Waals surface area contributed by atoms with Crippen molar-refractivity contribution in [1.29, 1.82) is 0 Å². The van der Waals surface area contributed by atoms with E-state index in [2.05, 4.69) is 10.3 Å². The number of pyridine rings is 1. The third-order valence-electron chi connectivity index (χ3n) is 3.35. The van der Waals surface area contributed by atoms with Gasteiger partial charge in [0.05, 0.1) is 11.2 Å². The number of aromatic nitrogens is 1. The molecule has 3 rings (SSSR count). The Hall–Kier alpha value is -3.41. The first-order valence-corrected chi connectivity index (χ1v) is 7.23. The molecule has 24 heavy (non-hydrogen) atoms.